The van der Waals surface area contributed by atoms with Gasteiger partial charge in [0.25, 0.3) is 0 Å². The van der Waals surface area contributed by atoms with E-state index in [1.807, 2.05) is 31.2 Å². The molecular formula is C16H24N2O2. The lowest BCUT2D eigenvalue weighted by Crippen LogP contribution is -2.28. The minimum absolute atomic E-state index is 0.0592. The van der Waals surface area contributed by atoms with E-state index in [0.717, 1.165) is 11.3 Å². The Morgan fingerprint density at radius 3 is 2.35 bits per heavy atom. The van der Waals surface area contributed by atoms with Gasteiger partial charge in [-0.25, -0.2) is 0 Å². The molecule has 0 spiro atoms. The zero-order chi connectivity index (χ0) is 15.0. The van der Waals surface area contributed by atoms with Gasteiger partial charge in [0.05, 0.1) is 0 Å². The third-order valence-corrected chi connectivity index (χ3v) is 2.92. The predicted octanol–water partition coefficient (Wildman–Crippen LogP) is 2.85. The average Bonchev–Trinajstić information content (AvgIpc) is 2.45. The number of amides is 1. The summed E-state index contributed by atoms with van der Waals surface area (Å²) in [6.45, 7) is 7.29. The van der Waals surface area contributed by atoms with E-state index in [9.17, 15) is 9.59 Å². The van der Waals surface area contributed by atoms with Crippen molar-refractivity contribution < 1.29 is 9.59 Å². The van der Waals surface area contributed by atoms with Gasteiger partial charge in [0.2, 0.25) is 5.91 Å². The molecule has 1 aromatic rings. The first-order valence-electron chi connectivity index (χ1n) is 7.16. The van der Waals surface area contributed by atoms with Crippen LogP contribution >= 0.6 is 0 Å². The number of benzene rings is 1. The van der Waals surface area contributed by atoms with Gasteiger partial charge in [-0.2, -0.15) is 0 Å². The van der Waals surface area contributed by atoms with Crippen molar-refractivity contribution in [1.29, 1.82) is 0 Å². The Morgan fingerprint density at radius 2 is 1.80 bits per heavy atom. The summed E-state index contributed by atoms with van der Waals surface area (Å²) in [5.74, 6) is 0.671. The van der Waals surface area contributed by atoms with Crippen LogP contribution < -0.4 is 10.6 Å². The highest BCUT2D eigenvalue weighted by Gasteiger charge is 2.04. The SMILES string of the molecule is CCC(=O)c1ccc(NCCC(=O)NCC(C)C)cc1. The standard InChI is InChI=1S/C16H24N2O2/c1-4-15(19)13-5-7-14(8-6-13)17-10-9-16(20)18-11-12(2)3/h5-8,12,17H,4,9-11H2,1-3H3,(H,18,20). The highest BCUT2D eigenvalue weighted by Crippen LogP contribution is 2.11. The van der Waals surface area contributed by atoms with E-state index in [1.54, 1.807) is 0 Å². The van der Waals surface area contributed by atoms with Gasteiger partial charge in [-0.1, -0.05) is 20.8 Å². The maximum absolute atomic E-state index is 11.5. The summed E-state index contributed by atoms with van der Waals surface area (Å²) in [6.07, 6.45) is 0.963. The molecular weight excluding hydrogens is 252 g/mol. The number of nitrogens with one attached hydrogen (secondary N) is 2. The number of anilines is 1. The number of rotatable bonds is 8. The third-order valence-electron chi connectivity index (χ3n) is 2.92. The molecule has 110 valence electrons. The molecule has 0 fully saturated rings. The molecule has 0 atom stereocenters. The number of hydrogen-bond acceptors (Lipinski definition) is 3. The van der Waals surface area contributed by atoms with Crippen LogP contribution in [0, 0.1) is 5.92 Å². The van der Waals surface area contributed by atoms with Crippen molar-refractivity contribution in [2.24, 2.45) is 5.92 Å². The number of carbonyl (C=O) groups is 2. The minimum Gasteiger partial charge on any atom is -0.385 e. The van der Waals surface area contributed by atoms with Crippen LogP contribution in [0.1, 0.15) is 44.0 Å². The van der Waals surface area contributed by atoms with E-state index in [2.05, 4.69) is 24.5 Å². The first kappa shape index (κ1) is 16.2. The molecule has 0 saturated heterocycles. The highest BCUT2D eigenvalue weighted by molar-refractivity contribution is 5.96. The summed E-state index contributed by atoms with van der Waals surface area (Å²) in [5.41, 5.74) is 1.65. The van der Waals surface area contributed by atoms with Crippen LogP contribution in [0.15, 0.2) is 24.3 Å². The molecule has 0 aliphatic rings. The van der Waals surface area contributed by atoms with Gasteiger partial charge in [0, 0.05) is 37.2 Å². The molecule has 1 amide bonds. The fraction of sp³-hybridized carbons (Fsp3) is 0.500. The van der Waals surface area contributed by atoms with Gasteiger partial charge in [-0.3, -0.25) is 9.59 Å². The summed E-state index contributed by atoms with van der Waals surface area (Å²) in [5, 5.41) is 6.05. The zero-order valence-corrected chi connectivity index (χ0v) is 12.5. The van der Waals surface area contributed by atoms with Crippen LogP contribution in [0.25, 0.3) is 0 Å². The average molecular weight is 276 g/mol. The van der Waals surface area contributed by atoms with Crippen LogP contribution in [0.4, 0.5) is 5.69 Å². The summed E-state index contributed by atoms with van der Waals surface area (Å²) in [7, 11) is 0. The molecule has 2 N–H and O–H groups in total. The van der Waals surface area contributed by atoms with Crippen LogP contribution in [0.2, 0.25) is 0 Å². The zero-order valence-electron chi connectivity index (χ0n) is 12.5. The van der Waals surface area contributed by atoms with Crippen molar-refractivity contribution in [3.63, 3.8) is 0 Å². The van der Waals surface area contributed by atoms with Crippen molar-refractivity contribution in [3.8, 4) is 0 Å². The Labute approximate surface area is 121 Å². The van der Waals surface area contributed by atoms with Crippen LogP contribution in [0.5, 0.6) is 0 Å². The second-order valence-electron chi connectivity index (χ2n) is 5.23. The number of ketones is 1. The molecule has 0 bridgehead atoms. The molecule has 20 heavy (non-hydrogen) atoms. The van der Waals surface area contributed by atoms with E-state index < -0.39 is 0 Å². The Kier molecular flexibility index (Phi) is 6.77. The Morgan fingerprint density at radius 1 is 1.15 bits per heavy atom. The van der Waals surface area contributed by atoms with Crippen molar-refractivity contribution in [2.45, 2.75) is 33.6 Å². The van der Waals surface area contributed by atoms with E-state index >= 15 is 0 Å². The molecule has 1 aromatic carbocycles. The van der Waals surface area contributed by atoms with Crippen LogP contribution in [0.3, 0.4) is 0 Å². The van der Waals surface area contributed by atoms with E-state index in [0.29, 0.717) is 31.8 Å². The second kappa shape index (κ2) is 8.35. The Balaban J connectivity index is 2.32. The maximum atomic E-state index is 11.5. The molecule has 0 radical (unpaired) electrons. The first-order chi connectivity index (χ1) is 9.52. The van der Waals surface area contributed by atoms with Gasteiger partial charge in [-0.05, 0) is 30.2 Å². The van der Waals surface area contributed by atoms with Gasteiger partial charge in [0.1, 0.15) is 0 Å². The molecule has 4 heteroatoms. The monoisotopic (exact) mass is 276 g/mol. The number of Topliss-reactive ketones (excluding diaryl/α,β-unsaturated/α-hetero) is 1. The molecule has 0 aliphatic heterocycles. The van der Waals surface area contributed by atoms with Crippen molar-refractivity contribution >= 4 is 17.4 Å². The van der Waals surface area contributed by atoms with E-state index in [1.165, 1.54) is 0 Å². The lowest BCUT2D eigenvalue weighted by molar-refractivity contribution is -0.120. The maximum Gasteiger partial charge on any atom is 0.221 e. The lowest BCUT2D eigenvalue weighted by Gasteiger charge is -2.09. The third kappa shape index (κ3) is 5.87. The van der Waals surface area contributed by atoms with Gasteiger partial charge < -0.3 is 10.6 Å². The van der Waals surface area contributed by atoms with E-state index in [4.69, 9.17) is 0 Å². The van der Waals surface area contributed by atoms with Crippen LogP contribution in [-0.2, 0) is 4.79 Å². The second-order valence-corrected chi connectivity index (χ2v) is 5.23. The van der Waals surface area contributed by atoms with Gasteiger partial charge in [-0.15, -0.1) is 0 Å². The smallest absolute Gasteiger partial charge is 0.221 e. The summed E-state index contributed by atoms with van der Waals surface area (Å²) in [6, 6.07) is 7.36. The Hall–Kier alpha value is -1.84. The molecule has 0 aromatic heterocycles. The Bertz CT molecular complexity index is 438. The summed E-state index contributed by atoms with van der Waals surface area (Å²) in [4.78, 5) is 23.0. The number of carbonyl (C=O) groups excluding carboxylic acids is 2. The molecule has 0 aliphatic carbocycles. The normalized spacial score (nSPS) is 10.4. The summed E-state index contributed by atoms with van der Waals surface area (Å²) >= 11 is 0. The van der Waals surface area contributed by atoms with Crippen LogP contribution in [-0.4, -0.2) is 24.8 Å². The van der Waals surface area contributed by atoms with Gasteiger partial charge >= 0.3 is 0 Å². The molecule has 1 rings (SSSR count). The first-order valence-corrected chi connectivity index (χ1v) is 7.16. The number of hydrogen-bond donors (Lipinski definition) is 2. The largest absolute Gasteiger partial charge is 0.385 e. The minimum atomic E-state index is 0.0592. The predicted molar refractivity (Wildman–Crippen MR) is 82.0 cm³/mol. The van der Waals surface area contributed by atoms with Crippen molar-refractivity contribution in [2.75, 3.05) is 18.4 Å². The highest BCUT2D eigenvalue weighted by atomic mass is 16.1. The van der Waals surface area contributed by atoms with E-state index in [-0.39, 0.29) is 11.7 Å². The fourth-order valence-corrected chi connectivity index (χ4v) is 1.70. The molecule has 0 unspecified atom stereocenters. The topological polar surface area (TPSA) is 58.2 Å². The van der Waals surface area contributed by atoms with Crippen molar-refractivity contribution in [1.82, 2.24) is 5.32 Å². The van der Waals surface area contributed by atoms with Crippen molar-refractivity contribution in [3.05, 3.63) is 29.8 Å². The molecule has 0 saturated carbocycles. The summed E-state index contributed by atoms with van der Waals surface area (Å²) < 4.78 is 0. The lowest BCUT2D eigenvalue weighted by atomic mass is 10.1. The quantitative estimate of drug-likeness (QED) is 0.718. The molecule has 4 nitrogen and oxygen atoms in total. The fourth-order valence-electron chi connectivity index (χ4n) is 1.70. The molecule has 0 heterocycles. The van der Waals surface area contributed by atoms with Gasteiger partial charge in [0.15, 0.2) is 5.78 Å².